The average molecular weight is 451 g/mol. The lowest BCUT2D eigenvalue weighted by atomic mass is 10.1. The van der Waals surface area contributed by atoms with Gasteiger partial charge in [-0.1, -0.05) is 123 Å². The Labute approximate surface area is 202 Å². The lowest BCUT2D eigenvalue weighted by Gasteiger charge is -2.01. The van der Waals surface area contributed by atoms with Crippen molar-refractivity contribution in [1.29, 1.82) is 0 Å². The Kier molecular flexibility index (Phi) is 11.7. The number of phenols is 1. The van der Waals surface area contributed by atoms with Crippen LogP contribution in [0.5, 0.6) is 5.75 Å². The molecule has 0 amide bonds. The van der Waals surface area contributed by atoms with E-state index in [0.29, 0.717) is 5.75 Å². The van der Waals surface area contributed by atoms with Gasteiger partial charge in [0.1, 0.15) is 5.75 Å². The molecule has 0 aliphatic rings. The molecule has 33 heavy (non-hydrogen) atoms. The molecule has 4 rings (SSSR count). The van der Waals surface area contributed by atoms with Crippen LogP contribution in [0.15, 0.2) is 134 Å². The zero-order valence-corrected chi connectivity index (χ0v) is 19.6. The Morgan fingerprint density at radius 1 is 0.545 bits per heavy atom. The van der Waals surface area contributed by atoms with Gasteiger partial charge in [0.25, 0.3) is 0 Å². The van der Waals surface area contributed by atoms with E-state index in [4.69, 9.17) is 5.11 Å². The van der Waals surface area contributed by atoms with Crippen molar-refractivity contribution in [3.05, 3.63) is 151 Å². The SMILES string of the molecule is C=Cc1ccc(C=C)cc1.C=Cc1ccccc1.Oc1ccc(SCc2ccccc2)cc1. The Hall–Kier alpha value is -3.75. The minimum Gasteiger partial charge on any atom is -0.508 e. The highest BCUT2D eigenvalue weighted by Crippen LogP contribution is 2.24. The Morgan fingerprint density at radius 3 is 1.39 bits per heavy atom. The predicted octanol–water partition coefficient (Wildman–Crippen LogP) is 8.99. The first-order valence-electron chi connectivity index (χ1n) is 10.6. The van der Waals surface area contributed by atoms with Gasteiger partial charge >= 0.3 is 0 Å². The minimum absolute atomic E-state index is 0.319. The Bertz CT molecular complexity index is 1060. The van der Waals surface area contributed by atoms with Gasteiger partial charge in [-0.05, 0) is 46.5 Å². The second-order valence-corrected chi connectivity index (χ2v) is 8.01. The van der Waals surface area contributed by atoms with E-state index >= 15 is 0 Å². The summed E-state index contributed by atoms with van der Waals surface area (Å²) in [4.78, 5) is 1.18. The molecule has 0 radical (unpaired) electrons. The number of phenolic OH excluding ortho intramolecular Hbond substituents is 1. The van der Waals surface area contributed by atoms with Crippen molar-refractivity contribution in [3.8, 4) is 5.75 Å². The van der Waals surface area contributed by atoms with Crippen LogP contribution in [0.2, 0.25) is 0 Å². The number of thioether (sulfide) groups is 1. The van der Waals surface area contributed by atoms with Crippen molar-refractivity contribution < 1.29 is 5.11 Å². The van der Waals surface area contributed by atoms with Crippen molar-refractivity contribution in [1.82, 2.24) is 0 Å². The summed E-state index contributed by atoms with van der Waals surface area (Å²) in [6, 6.07) is 35.8. The highest BCUT2D eigenvalue weighted by atomic mass is 32.2. The molecule has 0 bridgehead atoms. The van der Waals surface area contributed by atoms with E-state index in [9.17, 15) is 0 Å². The highest BCUT2D eigenvalue weighted by molar-refractivity contribution is 7.98. The smallest absolute Gasteiger partial charge is 0.115 e. The maximum Gasteiger partial charge on any atom is 0.115 e. The fourth-order valence-electron chi connectivity index (χ4n) is 2.64. The molecule has 0 fully saturated rings. The van der Waals surface area contributed by atoms with Crippen LogP contribution in [-0.2, 0) is 5.75 Å². The largest absolute Gasteiger partial charge is 0.508 e. The topological polar surface area (TPSA) is 20.2 Å². The molecule has 1 nitrogen and oxygen atoms in total. The summed E-state index contributed by atoms with van der Waals surface area (Å²) in [6.07, 6.45) is 5.49. The zero-order chi connectivity index (χ0) is 23.7. The molecule has 4 aromatic carbocycles. The quantitative estimate of drug-likeness (QED) is 0.296. The molecule has 0 aliphatic carbocycles. The third-order valence-corrected chi connectivity index (χ3v) is 5.61. The minimum atomic E-state index is 0.319. The average Bonchev–Trinajstić information content (AvgIpc) is 2.90. The van der Waals surface area contributed by atoms with Crippen LogP contribution in [0.3, 0.4) is 0 Å². The second-order valence-electron chi connectivity index (χ2n) is 6.96. The molecule has 0 aliphatic heterocycles. The molecule has 0 atom stereocenters. The molecule has 1 N–H and O–H groups in total. The summed E-state index contributed by atoms with van der Waals surface area (Å²) in [5.74, 6) is 1.28. The first kappa shape index (κ1) is 25.5. The zero-order valence-electron chi connectivity index (χ0n) is 18.8. The van der Waals surface area contributed by atoms with Crippen LogP contribution in [-0.4, -0.2) is 5.11 Å². The highest BCUT2D eigenvalue weighted by Gasteiger charge is 1.95. The summed E-state index contributed by atoms with van der Waals surface area (Å²) in [6.45, 7) is 11.0. The number of hydrogen-bond donors (Lipinski definition) is 1. The van der Waals surface area contributed by atoms with Gasteiger partial charge in [0.05, 0.1) is 0 Å². The van der Waals surface area contributed by atoms with E-state index in [1.165, 1.54) is 16.0 Å². The third kappa shape index (κ3) is 10.4. The molecular formula is C31H30OS. The maximum atomic E-state index is 9.13. The van der Waals surface area contributed by atoms with Gasteiger partial charge in [0.2, 0.25) is 0 Å². The normalized spacial score (nSPS) is 9.33. The maximum absolute atomic E-state index is 9.13. The number of rotatable bonds is 6. The van der Waals surface area contributed by atoms with Crippen molar-refractivity contribution in [2.75, 3.05) is 0 Å². The van der Waals surface area contributed by atoms with E-state index in [-0.39, 0.29) is 0 Å². The van der Waals surface area contributed by atoms with Crippen LogP contribution in [0.25, 0.3) is 18.2 Å². The lowest BCUT2D eigenvalue weighted by molar-refractivity contribution is 0.475. The Morgan fingerprint density at radius 2 is 0.970 bits per heavy atom. The summed E-state index contributed by atoms with van der Waals surface area (Å²) >= 11 is 1.77. The molecule has 0 saturated carbocycles. The lowest BCUT2D eigenvalue weighted by Crippen LogP contribution is -1.78. The van der Waals surface area contributed by atoms with Crippen molar-refractivity contribution in [3.63, 3.8) is 0 Å². The molecule has 0 unspecified atom stereocenters. The van der Waals surface area contributed by atoms with E-state index in [1.807, 2.05) is 103 Å². The van der Waals surface area contributed by atoms with Crippen LogP contribution in [0.1, 0.15) is 22.3 Å². The van der Waals surface area contributed by atoms with Gasteiger partial charge in [0, 0.05) is 10.6 Å². The fraction of sp³-hybridized carbons (Fsp3) is 0.0323. The molecule has 0 spiro atoms. The van der Waals surface area contributed by atoms with Crippen LogP contribution in [0, 0.1) is 0 Å². The summed E-state index contributed by atoms with van der Waals surface area (Å²) in [7, 11) is 0. The molecule has 4 aromatic rings. The number of benzene rings is 4. The van der Waals surface area contributed by atoms with E-state index < -0.39 is 0 Å². The van der Waals surface area contributed by atoms with Crippen LogP contribution in [0.4, 0.5) is 0 Å². The monoisotopic (exact) mass is 450 g/mol. The molecular weight excluding hydrogens is 420 g/mol. The third-order valence-electron chi connectivity index (χ3n) is 4.53. The van der Waals surface area contributed by atoms with Gasteiger partial charge < -0.3 is 5.11 Å². The van der Waals surface area contributed by atoms with Gasteiger partial charge in [0.15, 0.2) is 0 Å². The standard InChI is InChI=1S/C13H12OS.C10H10.C8H8/c14-12-6-8-13(9-7-12)15-10-11-4-2-1-3-5-11;1-3-9-5-7-10(4-2)8-6-9;1-2-8-6-4-3-5-7-8/h1-9,14H,10H2;3-8H,1-2H2;2-7H,1H2. The molecule has 0 saturated heterocycles. The van der Waals surface area contributed by atoms with E-state index in [1.54, 1.807) is 23.9 Å². The van der Waals surface area contributed by atoms with Crippen LogP contribution >= 0.6 is 11.8 Å². The van der Waals surface area contributed by atoms with E-state index in [2.05, 4.69) is 31.9 Å². The molecule has 0 aromatic heterocycles. The number of aromatic hydroxyl groups is 1. The van der Waals surface area contributed by atoms with Crippen molar-refractivity contribution in [2.24, 2.45) is 0 Å². The van der Waals surface area contributed by atoms with Gasteiger partial charge in [-0.2, -0.15) is 0 Å². The predicted molar refractivity (Wildman–Crippen MR) is 147 cm³/mol. The van der Waals surface area contributed by atoms with Gasteiger partial charge in [-0.25, -0.2) is 0 Å². The van der Waals surface area contributed by atoms with Crippen molar-refractivity contribution in [2.45, 2.75) is 10.6 Å². The molecule has 0 heterocycles. The molecule has 2 heteroatoms. The fourth-order valence-corrected chi connectivity index (χ4v) is 3.49. The van der Waals surface area contributed by atoms with Gasteiger partial charge in [-0.3, -0.25) is 0 Å². The number of hydrogen-bond acceptors (Lipinski definition) is 2. The summed E-state index contributed by atoms with van der Waals surface area (Å²) < 4.78 is 0. The van der Waals surface area contributed by atoms with E-state index in [0.717, 1.165) is 16.9 Å². The molecule has 166 valence electrons. The first-order chi connectivity index (χ1) is 16.1. The summed E-state index contributed by atoms with van der Waals surface area (Å²) in [5.41, 5.74) is 4.78. The summed E-state index contributed by atoms with van der Waals surface area (Å²) in [5, 5.41) is 9.13. The Balaban J connectivity index is 0.000000186. The van der Waals surface area contributed by atoms with Crippen LogP contribution < -0.4 is 0 Å². The first-order valence-corrected chi connectivity index (χ1v) is 11.6. The second kappa shape index (κ2) is 15.1. The van der Waals surface area contributed by atoms with Gasteiger partial charge in [-0.15, -0.1) is 11.8 Å². The van der Waals surface area contributed by atoms with Crippen molar-refractivity contribution >= 4 is 30.0 Å².